The minimum absolute atomic E-state index is 0.361. The highest BCUT2D eigenvalue weighted by Gasteiger charge is 2.13. The van der Waals surface area contributed by atoms with Crippen LogP contribution in [0.1, 0.15) is 39.5 Å². The van der Waals surface area contributed by atoms with Gasteiger partial charge in [-0.15, -0.1) is 0 Å². The first-order valence-corrected chi connectivity index (χ1v) is 8.56. The second-order valence-electron chi connectivity index (χ2n) is 4.71. The second-order valence-corrected chi connectivity index (χ2v) is 6.12. The lowest BCUT2D eigenvalue weighted by molar-refractivity contribution is 0.240. The molecule has 0 saturated heterocycles. The normalized spacial score (nSPS) is 13.1. The number of methoxy groups -OCH3 is 1. The van der Waals surface area contributed by atoms with E-state index in [-0.39, 0.29) is 0 Å². The molecule has 0 aliphatic carbocycles. The van der Waals surface area contributed by atoms with Crippen LogP contribution in [0.25, 0.3) is 0 Å². The van der Waals surface area contributed by atoms with Gasteiger partial charge in [-0.2, -0.15) is 0 Å². The molecule has 0 bridgehead atoms. The Hall–Kier alpha value is -1.37. The number of benzene rings is 1. The highest BCUT2D eigenvalue weighted by Crippen LogP contribution is 2.22. The van der Waals surface area contributed by atoms with Gasteiger partial charge in [-0.3, -0.25) is 0 Å². The van der Waals surface area contributed by atoms with Crippen molar-refractivity contribution in [3.8, 4) is 11.8 Å². The lowest BCUT2D eigenvalue weighted by atomic mass is 10.1. The van der Waals surface area contributed by atoms with E-state index in [0.29, 0.717) is 6.61 Å². The van der Waals surface area contributed by atoms with E-state index >= 15 is 0 Å². The zero-order chi connectivity index (χ0) is 15.5. The van der Waals surface area contributed by atoms with Crippen molar-refractivity contribution in [1.82, 2.24) is 0 Å². The topological polar surface area (TPSA) is 26.3 Å². The molecule has 1 unspecified atom stereocenters. The van der Waals surface area contributed by atoms with Crippen molar-refractivity contribution in [1.29, 1.82) is 0 Å². The summed E-state index contributed by atoms with van der Waals surface area (Å²) in [6.45, 7) is 4.63. The Kier molecular flexibility index (Phi) is 8.73. The highest BCUT2D eigenvalue weighted by atomic mass is 32.2. The summed E-state index contributed by atoms with van der Waals surface area (Å²) in [7, 11) is 0.407. The third-order valence-corrected chi connectivity index (χ3v) is 4.60. The molecule has 1 atom stereocenters. The zero-order valence-electron chi connectivity index (χ0n) is 13.1. The molecule has 0 spiro atoms. The van der Waals surface area contributed by atoms with Crippen molar-refractivity contribution in [3.63, 3.8) is 0 Å². The van der Waals surface area contributed by atoms with Crippen molar-refractivity contribution in [2.45, 2.75) is 44.4 Å². The summed E-state index contributed by atoms with van der Waals surface area (Å²) < 4.78 is 17.8. The van der Waals surface area contributed by atoms with E-state index in [4.69, 9.17) is 4.74 Å². The molecule has 1 aromatic rings. The molecule has 3 heteroatoms. The molecular weight excluding hydrogens is 280 g/mol. The van der Waals surface area contributed by atoms with Gasteiger partial charge < -0.3 is 4.74 Å². The fourth-order valence-electron chi connectivity index (χ4n) is 1.96. The summed E-state index contributed by atoms with van der Waals surface area (Å²) >= 11 is 0. The average molecular weight is 304 g/mol. The lowest BCUT2D eigenvalue weighted by Crippen LogP contribution is -2.00. The van der Waals surface area contributed by atoms with Gasteiger partial charge in [0, 0.05) is 12.0 Å². The standard InChI is InChI=1S/C18H24O2S/c1-4-6-11-16(5-2)18(14-10-15-20-3)21(19)17-12-8-7-9-13-17/h7-9,12-13H,4-6,11,15H2,1-3H3/b18-16-. The number of hydrogen-bond donors (Lipinski definition) is 0. The third-order valence-electron chi connectivity index (χ3n) is 3.14. The van der Waals surface area contributed by atoms with Gasteiger partial charge in [-0.1, -0.05) is 50.3 Å². The SMILES string of the molecule is CCCC/C(CC)=C(/C#CCOC)S(=O)c1ccccc1. The summed E-state index contributed by atoms with van der Waals surface area (Å²) in [5.74, 6) is 6.04. The maximum Gasteiger partial charge on any atom is 0.107 e. The van der Waals surface area contributed by atoms with E-state index in [1.54, 1.807) is 7.11 Å². The summed E-state index contributed by atoms with van der Waals surface area (Å²) in [6.07, 6.45) is 4.07. The van der Waals surface area contributed by atoms with Crippen LogP contribution < -0.4 is 0 Å². The molecule has 0 fully saturated rings. The fourth-order valence-corrected chi connectivity index (χ4v) is 3.27. The molecule has 0 N–H and O–H groups in total. The van der Waals surface area contributed by atoms with Crippen molar-refractivity contribution >= 4 is 10.8 Å². The Morgan fingerprint density at radius 2 is 1.95 bits per heavy atom. The van der Waals surface area contributed by atoms with Crippen molar-refractivity contribution < 1.29 is 8.95 Å². The molecule has 114 valence electrons. The maximum absolute atomic E-state index is 12.8. The Balaban J connectivity index is 3.15. The van der Waals surface area contributed by atoms with Crippen LogP contribution in [0.5, 0.6) is 0 Å². The number of hydrogen-bond acceptors (Lipinski definition) is 2. The molecule has 0 heterocycles. The zero-order valence-corrected chi connectivity index (χ0v) is 14.0. The predicted octanol–water partition coefficient (Wildman–Crippen LogP) is 4.30. The van der Waals surface area contributed by atoms with Crippen LogP contribution in [-0.4, -0.2) is 17.9 Å². The highest BCUT2D eigenvalue weighted by molar-refractivity contribution is 7.89. The maximum atomic E-state index is 12.8. The molecule has 1 rings (SSSR count). The molecule has 1 aromatic carbocycles. The van der Waals surface area contributed by atoms with Gasteiger partial charge in [0.2, 0.25) is 0 Å². The first-order valence-electron chi connectivity index (χ1n) is 7.41. The number of unbranched alkanes of at least 4 members (excludes halogenated alkanes) is 1. The van der Waals surface area contributed by atoms with E-state index in [9.17, 15) is 4.21 Å². The Morgan fingerprint density at radius 3 is 2.52 bits per heavy atom. The molecule has 21 heavy (non-hydrogen) atoms. The summed E-state index contributed by atoms with van der Waals surface area (Å²) in [4.78, 5) is 1.57. The van der Waals surface area contributed by atoms with E-state index in [1.165, 1.54) is 5.57 Å². The molecule has 2 nitrogen and oxygen atoms in total. The van der Waals surface area contributed by atoms with Crippen molar-refractivity contribution in [2.75, 3.05) is 13.7 Å². The smallest absolute Gasteiger partial charge is 0.107 e. The molecule has 0 saturated carbocycles. The van der Waals surface area contributed by atoms with Gasteiger partial charge >= 0.3 is 0 Å². The van der Waals surface area contributed by atoms with E-state index in [0.717, 1.165) is 35.5 Å². The summed E-state index contributed by atoms with van der Waals surface area (Å²) in [6, 6.07) is 9.52. The predicted molar refractivity (Wildman–Crippen MR) is 89.3 cm³/mol. The molecular formula is C18H24O2S. The largest absolute Gasteiger partial charge is 0.372 e. The summed E-state index contributed by atoms with van der Waals surface area (Å²) in [5.41, 5.74) is 1.20. The Labute approximate surface area is 131 Å². The van der Waals surface area contributed by atoms with Crippen LogP contribution in [0.3, 0.4) is 0 Å². The van der Waals surface area contributed by atoms with Crippen LogP contribution in [0.15, 0.2) is 45.7 Å². The molecule has 0 radical (unpaired) electrons. The van der Waals surface area contributed by atoms with Gasteiger partial charge in [0.05, 0.1) is 15.7 Å². The number of ether oxygens (including phenoxy) is 1. The molecule has 0 aromatic heterocycles. The second kappa shape index (κ2) is 10.4. The van der Waals surface area contributed by atoms with Crippen molar-refractivity contribution in [2.24, 2.45) is 0 Å². The molecule has 0 aliphatic heterocycles. The van der Waals surface area contributed by atoms with Gasteiger partial charge in [0.25, 0.3) is 0 Å². The minimum Gasteiger partial charge on any atom is -0.372 e. The van der Waals surface area contributed by atoms with Crippen LogP contribution in [-0.2, 0) is 15.5 Å². The number of allylic oxidation sites excluding steroid dienone is 2. The Morgan fingerprint density at radius 1 is 1.24 bits per heavy atom. The van der Waals surface area contributed by atoms with E-state index in [2.05, 4.69) is 25.7 Å². The first kappa shape index (κ1) is 17.7. The van der Waals surface area contributed by atoms with Crippen LogP contribution in [0.4, 0.5) is 0 Å². The minimum atomic E-state index is -1.21. The van der Waals surface area contributed by atoms with E-state index < -0.39 is 10.8 Å². The molecule has 0 aliphatic rings. The molecule has 0 amide bonds. The Bertz CT molecular complexity index is 535. The number of rotatable bonds is 7. The lowest BCUT2D eigenvalue weighted by Gasteiger charge is -2.09. The van der Waals surface area contributed by atoms with E-state index in [1.807, 2.05) is 30.3 Å². The quantitative estimate of drug-likeness (QED) is 0.702. The third kappa shape index (κ3) is 5.87. The fraction of sp³-hybridized carbons (Fsp3) is 0.444. The van der Waals surface area contributed by atoms with Crippen LogP contribution >= 0.6 is 0 Å². The van der Waals surface area contributed by atoms with Gasteiger partial charge in [-0.05, 0) is 37.0 Å². The van der Waals surface area contributed by atoms with Gasteiger partial charge in [-0.25, -0.2) is 4.21 Å². The van der Waals surface area contributed by atoms with Crippen molar-refractivity contribution in [3.05, 3.63) is 40.8 Å². The van der Waals surface area contributed by atoms with Gasteiger partial charge in [0.15, 0.2) is 0 Å². The summed E-state index contributed by atoms with van der Waals surface area (Å²) in [5, 5.41) is 0. The average Bonchev–Trinajstić information content (AvgIpc) is 2.54. The van der Waals surface area contributed by atoms with Crippen LogP contribution in [0.2, 0.25) is 0 Å². The first-order chi connectivity index (χ1) is 10.2. The monoisotopic (exact) mass is 304 g/mol. The van der Waals surface area contributed by atoms with Gasteiger partial charge in [0.1, 0.15) is 6.61 Å². The van der Waals surface area contributed by atoms with Crippen LogP contribution in [0, 0.1) is 11.8 Å².